The molecule has 2 heterocycles. The van der Waals surface area contributed by atoms with Gasteiger partial charge in [-0.05, 0) is 54.7 Å². The number of nitrogen functional groups attached to an aromatic ring is 3. The van der Waals surface area contributed by atoms with E-state index in [4.69, 9.17) is 30.9 Å². The molecule has 41 heavy (non-hydrogen) atoms. The highest BCUT2D eigenvalue weighted by Gasteiger charge is 2.36. The smallest absolute Gasteiger partial charge is 0.385 e. The second-order valence-corrected chi connectivity index (χ2v) is 11.9. The maximum atomic E-state index is 13.3. The normalized spacial score (nSPS) is 16.2. The average Bonchev–Trinajstić information content (AvgIpc) is 3.77. The third-order valence-corrected chi connectivity index (χ3v) is 8.67. The van der Waals surface area contributed by atoms with Gasteiger partial charge in [-0.2, -0.15) is 17.7 Å². The van der Waals surface area contributed by atoms with Gasteiger partial charge in [0, 0.05) is 56.6 Å². The summed E-state index contributed by atoms with van der Waals surface area (Å²) in [5.74, 6) is 0.907. The molecule has 6 N–H and O–H groups in total. The molecule has 0 unspecified atom stereocenters. The molecule has 5 rings (SSSR count). The van der Waals surface area contributed by atoms with Gasteiger partial charge >= 0.3 is 10.3 Å². The molecule has 0 amide bonds. The summed E-state index contributed by atoms with van der Waals surface area (Å²) in [6.45, 7) is 5.97. The first-order valence-corrected chi connectivity index (χ1v) is 15.0. The number of benzene rings is 2. The van der Waals surface area contributed by atoms with E-state index < -0.39 is 10.3 Å². The molecule has 12 nitrogen and oxygen atoms in total. The number of nitrogens with zero attached hydrogens (tertiary/aromatic N) is 4. The lowest BCUT2D eigenvalue weighted by molar-refractivity contribution is 0.0343. The van der Waals surface area contributed by atoms with Crippen LogP contribution in [0.25, 0.3) is 11.1 Å². The van der Waals surface area contributed by atoms with E-state index in [1.807, 2.05) is 31.2 Å². The first-order chi connectivity index (χ1) is 19.6. The van der Waals surface area contributed by atoms with Crippen LogP contribution < -0.4 is 26.1 Å². The van der Waals surface area contributed by atoms with Gasteiger partial charge < -0.3 is 30.9 Å². The van der Waals surface area contributed by atoms with Crippen molar-refractivity contribution in [3.63, 3.8) is 0 Å². The van der Waals surface area contributed by atoms with Gasteiger partial charge in [0.2, 0.25) is 5.95 Å². The summed E-state index contributed by atoms with van der Waals surface area (Å²) in [6.07, 6.45) is 3.46. The van der Waals surface area contributed by atoms with E-state index in [2.05, 4.69) is 14.9 Å². The number of rotatable bonds is 11. The predicted molar refractivity (Wildman–Crippen MR) is 158 cm³/mol. The standard InChI is InChI=1S/C28H37N7O5S/c1-3-39-24-13-18(12-21-16-32-28(31)33-27(21)30)14-25(40-41(36,37)34(2)22-6-7-22)26(24)19-4-5-20(23(29)15-19)17-35-8-10-38-11-9-35/h4-5,13-16,22H,3,6-12,17,29H2,1-2H3,(H4,30,31,32,33). The molecular weight excluding hydrogens is 546 g/mol. The zero-order valence-corrected chi connectivity index (χ0v) is 24.2. The molecule has 13 heteroatoms. The van der Waals surface area contributed by atoms with Crippen molar-refractivity contribution >= 4 is 27.8 Å². The second kappa shape index (κ2) is 12.1. The van der Waals surface area contributed by atoms with E-state index in [9.17, 15) is 8.42 Å². The van der Waals surface area contributed by atoms with Crippen molar-refractivity contribution < 1.29 is 22.1 Å². The first kappa shape index (κ1) is 28.9. The van der Waals surface area contributed by atoms with Gasteiger partial charge in [-0.15, -0.1) is 0 Å². The van der Waals surface area contributed by atoms with Crippen molar-refractivity contribution in [1.82, 2.24) is 19.2 Å². The minimum atomic E-state index is -4.09. The maximum Gasteiger partial charge on any atom is 0.385 e. The number of anilines is 3. The van der Waals surface area contributed by atoms with Crippen LogP contribution in [-0.4, -0.2) is 73.6 Å². The van der Waals surface area contributed by atoms with Gasteiger partial charge in [-0.25, -0.2) is 4.98 Å². The molecule has 0 bridgehead atoms. The topological polar surface area (TPSA) is 172 Å². The monoisotopic (exact) mass is 583 g/mol. The predicted octanol–water partition coefficient (Wildman–Crippen LogP) is 2.43. The summed E-state index contributed by atoms with van der Waals surface area (Å²) < 4.78 is 45.2. The van der Waals surface area contributed by atoms with Crippen LogP contribution in [-0.2, 0) is 28.0 Å². The van der Waals surface area contributed by atoms with Crippen molar-refractivity contribution in [3.05, 3.63) is 53.2 Å². The zero-order valence-electron chi connectivity index (χ0n) is 23.4. The first-order valence-electron chi connectivity index (χ1n) is 13.7. The average molecular weight is 584 g/mol. The Balaban J connectivity index is 1.56. The van der Waals surface area contributed by atoms with Gasteiger partial charge in [-0.3, -0.25) is 4.90 Å². The van der Waals surface area contributed by atoms with E-state index in [-0.39, 0.29) is 23.6 Å². The van der Waals surface area contributed by atoms with Crippen LogP contribution in [0.15, 0.2) is 36.5 Å². The van der Waals surface area contributed by atoms with E-state index in [1.54, 1.807) is 12.3 Å². The summed E-state index contributed by atoms with van der Waals surface area (Å²) in [5, 5.41) is 0. The highest BCUT2D eigenvalue weighted by atomic mass is 32.2. The molecule has 0 radical (unpaired) electrons. The fourth-order valence-electron chi connectivity index (χ4n) is 4.84. The van der Waals surface area contributed by atoms with Crippen LogP contribution in [0.4, 0.5) is 17.5 Å². The van der Waals surface area contributed by atoms with Gasteiger partial charge in [0.1, 0.15) is 11.6 Å². The Hall–Kier alpha value is -3.65. The van der Waals surface area contributed by atoms with Crippen molar-refractivity contribution in [3.8, 4) is 22.6 Å². The minimum Gasteiger partial charge on any atom is -0.493 e. The van der Waals surface area contributed by atoms with E-state index in [0.29, 0.717) is 66.5 Å². The Morgan fingerprint density at radius 3 is 2.46 bits per heavy atom. The number of hydrogen-bond acceptors (Lipinski definition) is 11. The third-order valence-electron chi connectivity index (χ3n) is 7.28. The van der Waals surface area contributed by atoms with Crippen LogP contribution in [0, 0.1) is 0 Å². The Labute approximate surface area is 240 Å². The summed E-state index contributed by atoms with van der Waals surface area (Å²) in [7, 11) is -2.56. The Morgan fingerprint density at radius 2 is 1.80 bits per heavy atom. The molecule has 2 aromatic carbocycles. The highest BCUT2D eigenvalue weighted by Crippen LogP contribution is 2.43. The van der Waals surface area contributed by atoms with Crippen LogP contribution >= 0.6 is 0 Å². The molecule has 1 saturated carbocycles. The molecule has 0 atom stereocenters. The largest absolute Gasteiger partial charge is 0.493 e. The molecule has 1 saturated heterocycles. The number of hydrogen-bond donors (Lipinski definition) is 3. The highest BCUT2D eigenvalue weighted by molar-refractivity contribution is 7.84. The maximum absolute atomic E-state index is 13.3. The van der Waals surface area contributed by atoms with Gasteiger partial charge in [-0.1, -0.05) is 12.1 Å². The fraction of sp³-hybridized carbons (Fsp3) is 0.429. The van der Waals surface area contributed by atoms with Gasteiger partial charge in [0.05, 0.1) is 25.4 Å². The van der Waals surface area contributed by atoms with Crippen LogP contribution in [0.1, 0.15) is 36.5 Å². The summed E-state index contributed by atoms with van der Waals surface area (Å²) in [6, 6.07) is 9.17. The molecule has 2 fully saturated rings. The van der Waals surface area contributed by atoms with E-state index >= 15 is 0 Å². The lowest BCUT2D eigenvalue weighted by atomic mass is 9.97. The lowest BCUT2D eigenvalue weighted by Crippen LogP contribution is -2.35. The van der Waals surface area contributed by atoms with Crippen LogP contribution in [0.5, 0.6) is 11.5 Å². The summed E-state index contributed by atoms with van der Waals surface area (Å²) in [5.41, 5.74) is 22.4. The Kier molecular flexibility index (Phi) is 8.50. The number of aromatic nitrogens is 2. The molecule has 1 aliphatic heterocycles. The van der Waals surface area contributed by atoms with E-state index in [0.717, 1.165) is 31.5 Å². The van der Waals surface area contributed by atoms with Crippen LogP contribution in [0.3, 0.4) is 0 Å². The van der Waals surface area contributed by atoms with Crippen molar-refractivity contribution in [2.45, 2.75) is 38.8 Å². The molecule has 0 spiro atoms. The number of ether oxygens (including phenoxy) is 2. The fourth-order valence-corrected chi connectivity index (χ4v) is 5.90. The minimum absolute atomic E-state index is 0.0696. The number of nitrogens with two attached hydrogens (primary N) is 3. The summed E-state index contributed by atoms with van der Waals surface area (Å²) in [4.78, 5) is 10.4. The van der Waals surface area contributed by atoms with Crippen molar-refractivity contribution in [2.75, 3.05) is 57.2 Å². The van der Waals surface area contributed by atoms with Crippen LogP contribution in [0.2, 0.25) is 0 Å². The molecule has 1 aromatic heterocycles. The van der Waals surface area contributed by atoms with E-state index in [1.165, 1.54) is 11.4 Å². The second-order valence-electron chi connectivity index (χ2n) is 10.3. The zero-order chi connectivity index (χ0) is 29.1. The summed E-state index contributed by atoms with van der Waals surface area (Å²) >= 11 is 0. The Morgan fingerprint density at radius 1 is 1.07 bits per heavy atom. The third kappa shape index (κ3) is 6.81. The lowest BCUT2D eigenvalue weighted by Gasteiger charge is -2.27. The van der Waals surface area contributed by atoms with Crippen molar-refractivity contribution in [2.24, 2.45) is 0 Å². The quantitative estimate of drug-likeness (QED) is 0.283. The van der Waals surface area contributed by atoms with Gasteiger partial charge in [0.15, 0.2) is 5.75 Å². The Bertz CT molecular complexity index is 1510. The molecule has 1 aliphatic carbocycles. The molecular formula is C28H37N7O5S. The number of morpholine rings is 1. The van der Waals surface area contributed by atoms with Gasteiger partial charge in [0.25, 0.3) is 0 Å². The SMILES string of the molecule is CCOc1cc(Cc2cnc(N)nc2N)cc(OS(=O)(=O)N(C)C2CC2)c1-c1ccc(CN2CCOCC2)c(N)c1. The van der Waals surface area contributed by atoms with Crippen molar-refractivity contribution in [1.29, 1.82) is 0 Å². The molecule has 3 aromatic rings. The molecule has 220 valence electrons. The molecule has 2 aliphatic rings.